The second-order valence-corrected chi connectivity index (χ2v) is 5.01. The van der Waals surface area contributed by atoms with Crippen molar-refractivity contribution in [1.82, 2.24) is 5.32 Å². The summed E-state index contributed by atoms with van der Waals surface area (Å²) in [5.74, 6) is 0.909. The van der Waals surface area contributed by atoms with E-state index in [2.05, 4.69) is 5.32 Å². The van der Waals surface area contributed by atoms with Gasteiger partial charge in [-0.1, -0.05) is 12.1 Å². The first kappa shape index (κ1) is 17.3. The van der Waals surface area contributed by atoms with E-state index in [9.17, 15) is 14.9 Å². The molecule has 0 heterocycles. The number of carbonyl (C=O) groups is 1. The molecule has 0 saturated carbocycles. The molecule has 0 spiro atoms. The molecule has 1 amide bonds. The van der Waals surface area contributed by atoms with Crippen molar-refractivity contribution >= 4 is 11.6 Å². The van der Waals surface area contributed by atoms with E-state index >= 15 is 0 Å². The first-order chi connectivity index (χ1) is 11.5. The number of carbonyl (C=O) groups excluding carboxylic acids is 1. The van der Waals surface area contributed by atoms with Crippen molar-refractivity contribution in [1.29, 1.82) is 0 Å². The van der Waals surface area contributed by atoms with E-state index in [0.717, 1.165) is 0 Å². The summed E-state index contributed by atoms with van der Waals surface area (Å²) < 4.78 is 10.7. The maximum atomic E-state index is 12.1. The number of amides is 1. The Morgan fingerprint density at radius 1 is 1.21 bits per heavy atom. The minimum Gasteiger partial charge on any atom is -0.493 e. The predicted octanol–water partition coefficient (Wildman–Crippen LogP) is 2.72. The van der Waals surface area contributed by atoms with Crippen LogP contribution in [0.25, 0.3) is 0 Å². The Kier molecular flexibility index (Phi) is 5.73. The number of hydrogen-bond acceptors (Lipinski definition) is 5. The molecule has 7 nitrogen and oxygen atoms in total. The predicted molar refractivity (Wildman–Crippen MR) is 88.7 cm³/mol. The van der Waals surface area contributed by atoms with Crippen molar-refractivity contribution < 1.29 is 19.2 Å². The number of rotatable bonds is 7. The molecule has 0 aliphatic rings. The SMILES string of the molecule is COc1ccccc1OCCNC(=O)c1ccc([N+](=O)[O-])c(C)c1. The molecule has 0 fully saturated rings. The molecule has 2 rings (SSSR count). The molecule has 0 bridgehead atoms. The lowest BCUT2D eigenvalue weighted by molar-refractivity contribution is -0.385. The third-order valence-corrected chi connectivity index (χ3v) is 3.37. The molecule has 0 atom stereocenters. The zero-order valence-electron chi connectivity index (χ0n) is 13.4. The number of aryl methyl sites for hydroxylation is 1. The van der Waals surface area contributed by atoms with Gasteiger partial charge in [-0.05, 0) is 31.2 Å². The maximum Gasteiger partial charge on any atom is 0.272 e. The topological polar surface area (TPSA) is 90.7 Å². The Bertz CT molecular complexity index is 746. The summed E-state index contributed by atoms with van der Waals surface area (Å²) in [7, 11) is 1.56. The molecule has 0 aliphatic carbocycles. The van der Waals surface area contributed by atoms with Gasteiger partial charge in [0, 0.05) is 17.2 Å². The summed E-state index contributed by atoms with van der Waals surface area (Å²) >= 11 is 0. The Hall–Kier alpha value is -3.09. The van der Waals surface area contributed by atoms with E-state index < -0.39 is 4.92 Å². The largest absolute Gasteiger partial charge is 0.493 e. The van der Waals surface area contributed by atoms with Gasteiger partial charge in [-0.3, -0.25) is 14.9 Å². The Balaban J connectivity index is 1.87. The van der Waals surface area contributed by atoms with Crippen LogP contribution in [0, 0.1) is 17.0 Å². The molecule has 1 N–H and O–H groups in total. The van der Waals surface area contributed by atoms with E-state index in [1.54, 1.807) is 26.2 Å². The lowest BCUT2D eigenvalue weighted by Crippen LogP contribution is -2.28. The van der Waals surface area contributed by atoms with Gasteiger partial charge in [-0.2, -0.15) is 0 Å². The van der Waals surface area contributed by atoms with Gasteiger partial charge in [0.2, 0.25) is 0 Å². The van der Waals surface area contributed by atoms with Gasteiger partial charge < -0.3 is 14.8 Å². The Labute approximate surface area is 139 Å². The molecular formula is C17H18N2O5. The first-order valence-corrected chi connectivity index (χ1v) is 7.32. The zero-order chi connectivity index (χ0) is 17.5. The Morgan fingerprint density at radius 2 is 1.92 bits per heavy atom. The van der Waals surface area contributed by atoms with Crippen molar-refractivity contribution in [2.75, 3.05) is 20.3 Å². The van der Waals surface area contributed by atoms with Crippen LogP contribution in [-0.4, -0.2) is 31.1 Å². The monoisotopic (exact) mass is 330 g/mol. The lowest BCUT2D eigenvalue weighted by atomic mass is 10.1. The quantitative estimate of drug-likeness (QED) is 0.479. The third kappa shape index (κ3) is 4.22. The van der Waals surface area contributed by atoms with Crippen LogP contribution >= 0.6 is 0 Å². The molecule has 0 radical (unpaired) electrons. The van der Waals surface area contributed by atoms with E-state index in [0.29, 0.717) is 29.2 Å². The average Bonchev–Trinajstić information content (AvgIpc) is 2.58. The fourth-order valence-electron chi connectivity index (χ4n) is 2.17. The molecular weight excluding hydrogens is 312 g/mol. The summed E-state index contributed by atoms with van der Waals surface area (Å²) in [5.41, 5.74) is 0.805. The molecule has 0 saturated heterocycles. The fourth-order valence-corrected chi connectivity index (χ4v) is 2.17. The van der Waals surface area contributed by atoms with E-state index in [1.165, 1.54) is 18.2 Å². The number of nitrogens with one attached hydrogen (secondary N) is 1. The second-order valence-electron chi connectivity index (χ2n) is 5.01. The highest BCUT2D eigenvalue weighted by Gasteiger charge is 2.13. The van der Waals surface area contributed by atoms with Gasteiger partial charge in [0.25, 0.3) is 11.6 Å². The van der Waals surface area contributed by atoms with Gasteiger partial charge in [0.15, 0.2) is 11.5 Å². The lowest BCUT2D eigenvalue weighted by Gasteiger charge is -2.11. The van der Waals surface area contributed by atoms with Crippen LogP contribution in [0.2, 0.25) is 0 Å². The molecule has 0 aliphatic heterocycles. The fraction of sp³-hybridized carbons (Fsp3) is 0.235. The average molecular weight is 330 g/mol. The molecule has 2 aromatic rings. The highest BCUT2D eigenvalue weighted by atomic mass is 16.6. The number of methoxy groups -OCH3 is 1. The molecule has 24 heavy (non-hydrogen) atoms. The molecule has 7 heteroatoms. The van der Waals surface area contributed by atoms with Crippen molar-refractivity contribution in [2.24, 2.45) is 0 Å². The summed E-state index contributed by atoms with van der Waals surface area (Å²) in [6, 6.07) is 11.5. The molecule has 126 valence electrons. The number of benzene rings is 2. The summed E-state index contributed by atoms with van der Waals surface area (Å²) in [4.78, 5) is 22.4. The summed E-state index contributed by atoms with van der Waals surface area (Å²) in [6.45, 7) is 2.17. The van der Waals surface area contributed by atoms with Gasteiger partial charge in [0.1, 0.15) is 6.61 Å². The second kappa shape index (κ2) is 7.96. The van der Waals surface area contributed by atoms with E-state index in [1.807, 2.05) is 12.1 Å². The van der Waals surface area contributed by atoms with Crippen molar-refractivity contribution in [2.45, 2.75) is 6.92 Å². The normalized spacial score (nSPS) is 10.1. The minimum absolute atomic E-state index is 0.00828. The van der Waals surface area contributed by atoms with E-state index in [4.69, 9.17) is 9.47 Å². The summed E-state index contributed by atoms with van der Waals surface area (Å²) in [5, 5.41) is 13.5. The van der Waals surface area contributed by atoms with Gasteiger partial charge in [0.05, 0.1) is 18.6 Å². The van der Waals surface area contributed by atoms with Crippen LogP contribution in [0.5, 0.6) is 11.5 Å². The number of hydrogen-bond donors (Lipinski definition) is 1. The van der Waals surface area contributed by atoms with Crippen molar-refractivity contribution in [3.8, 4) is 11.5 Å². The standard InChI is InChI=1S/C17H18N2O5/c1-12-11-13(7-8-14(12)19(21)22)17(20)18-9-10-24-16-6-4-3-5-15(16)23-2/h3-8,11H,9-10H2,1-2H3,(H,18,20). The molecule has 2 aromatic carbocycles. The number of nitro benzene ring substituents is 1. The van der Waals surface area contributed by atoms with Gasteiger partial charge >= 0.3 is 0 Å². The highest BCUT2D eigenvalue weighted by molar-refractivity contribution is 5.94. The van der Waals surface area contributed by atoms with Crippen LogP contribution in [0.1, 0.15) is 15.9 Å². The highest BCUT2D eigenvalue weighted by Crippen LogP contribution is 2.25. The third-order valence-electron chi connectivity index (χ3n) is 3.37. The van der Waals surface area contributed by atoms with Crippen LogP contribution in [0.3, 0.4) is 0 Å². The number of ether oxygens (including phenoxy) is 2. The minimum atomic E-state index is -0.474. The maximum absolute atomic E-state index is 12.1. The molecule has 0 unspecified atom stereocenters. The first-order valence-electron chi connectivity index (χ1n) is 7.32. The zero-order valence-corrected chi connectivity index (χ0v) is 13.4. The van der Waals surface area contributed by atoms with Crippen LogP contribution in [0.4, 0.5) is 5.69 Å². The van der Waals surface area contributed by atoms with Crippen molar-refractivity contribution in [3.63, 3.8) is 0 Å². The number of nitro groups is 1. The summed E-state index contributed by atoms with van der Waals surface area (Å²) in [6.07, 6.45) is 0. The van der Waals surface area contributed by atoms with Crippen LogP contribution in [0.15, 0.2) is 42.5 Å². The number of para-hydroxylation sites is 2. The Morgan fingerprint density at radius 3 is 2.54 bits per heavy atom. The van der Waals surface area contributed by atoms with Crippen LogP contribution < -0.4 is 14.8 Å². The smallest absolute Gasteiger partial charge is 0.272 e. The van der Waals surface area contributed by atoms with Crippen LogP contribution in [-0.2, 0) is 0 Å². The van der Waals surface area contributed by atoms with Crippen molar-refractivity contribution in [3.05, 3.63) is 63.7 Å². The number of nitrogens with zero attached hydrogens (tertiary/aromatic N) is 1. The van der Waals surface area contributed by atoms with Gasteiger partial charge in [-0.25, -0.2) is 0 Å². The molecule has 0 aromatic heterocycles. The van der Waals surface area contributed by atoms with E-state index in [-0.39, 0.29) is 18.2 Å². The van der Waals surface area contributed by atoms with Gasteiger partial charge in [-0.15, -0.1) is 0 Å².